The van der Waals surface area contributed by atoms with Crippen molar-refractivity contribution in [2.75, 3.05) is 39.8 Å². The molecule has 122 valence electrons. The number of amides is 1. The maximum absolute atomic E-state index is 12.0. The van der Waals surface area contributed by atoms with Crippen molar-refractivity contribution < 1.29 is 4.79 Å². The molecule has 2 heterocycles. The first-order valence-electron chi connectivity index (χ1n) is 8.11. The summed E-state index contributed by atoms with van der Waals surface area (Å²) < 4.78 is 0. The Morgan fingerprint density at radius 2 is 2.00 bits per heavy atom. The van der Waals surface area contributed by atoms with Crippen molar-refractivity contribution in [3.63, 3.8) is 0 Å². The topological polar surface area (TPSA) is 60.3 Å². The van der Waals surface area contributed by atoms with Gasteiger partial charge < -0.3 is 10.2 Å². The molecule has 0 radical (unpaired) electrons. The highest BCUT2D eigenvalue weighted by Gasteiger charge is 2.39. The van der Waals surface area contributed by atoms with Gasteiger partial charge in [0.2, 0.25) is 5.91 Å². The minimum Gasteiger partial charge on any atom is -0.355 e. The second-order valence-electron chi connectivity index (χ2n) is 6.38. The largest absolute Gasteiger partial charge is 0.355 e. The van der Waals surface area contributed by atoms with E-state index in [9.17, 15) is 4.79 Å². The van der Waals surface area contributed by atoms with E-state index < -0.39 is 0 Å². The predicted octanol–water partition coefficient (Wildman–Crippen LogP) is 1.09. The standard InChI is InChI=1S/C16H27N5O/c1-4-5-7-16(18-19-16)8-6-15(22)17-13-14(2)21-11-9-20(3)10-12-21/h1,14H,5-13H2,2-3H3,(H,17,22). The summed E-state index contributed by atoms with van der Waals surface area (Å²) in [7, 11) is 2.15. The third-order valence-corrected chi connectivity index (χ3v) is 4.56. The minimum absolute atomic E-state index is 0.0818. The highest BCUT2D eigenvalue weighted by Crippen LogP contribution is 2.37. The van der Waals surface area contributed by atoms with Crippen LogP contribution in [0.5, 0.6) is 0 Å². The number of carbonyl (C=O) groups is 1. The van der Waals surface area contributed by atoms with Crippen LogP contribution in [-0.2, 0) is 4.79 Å². The van der Waals surface area contributed by atoms with E-state index in [2.05, 4.69) is 45.2 Å². The summed E-state index contributed by atoms with van der Waals surface area (Å²) in [4.78, 5) is 16.7. The Balaban J connectivity index is 1.60. The first-order valence-corrected chi connectivity index (χ1v) is 8.11. The SMILES string of the molecule is C#CCCC1(CCC(=O)NCC(C)N2CCN(C)CC2)N=N1. The van der Waals surface area contributed by atoms with Crippen molar-refractivity contribution >= 4 is 5.91 Å². The van der Waals surface area contributed by atoms with Crippen LogP contribution in [-0.4, -0.2) is 67.2 Å². The average molecular weight is 305 g/mol. The Labute approximate surface area is 133 Å². The van der Waals surface area contributed by atoms with E-state index >= 15 is 0 Å². The molecule has 2 rings (SSSR count). The quantitative estimate of drug-likeness (QED) is 0.683. The van der Waals surface area contributed by atoms with Crippen LogP contribution in [0.25, 0.3) is 0 Å². The van der Waals surface area contributed by atoms with Crippen LogP contribution in [0.15, 0.2) is 10.2 Å². The molecule has 2 aliphatic rings. The zero-order chi connectivity index (χ0) is 16.0. The molecule has 0 bridgehead atoms. The molecule has 0 aliphatic carbocycles. The number of rotatable bonds is 8. The summed E-state index contributed by atoms with van der Waals surface area (Å²) in [5.41, 5.74) is -0.354. The van der Waals surface area contributed by atoms with E-state index in [0.29, 0.717) is 31.8 Å². The van der Waals surface area contributed by atoms with Crippen LogP contribution >= 0.6 is 0 Å². The van der Waals surface area contributed by atoms with Crippen molar-refractivity contribution in [3.8, 4) is 12.3 Å². The Morgan fingerprint density at radius 1 is 1.32 bits per heavy atom. The average Bonchev–Trinajstić information content (AvgIpc) is 3.30. The Kier molecular flexibility index (Phi) is 5.92. The lowest BCUT2D eigenvalue weighted by Gasteiger charge is -2.36. The van der Waals surface area contributed by atoms with Crippen LogP contribution < -0.4 is 5.32 Å². The molecule has 1 saturated heterocycles. The Morgan fingerprint density at radius 3 is 2.59 bits per heavy atom. The predicted molar refractivity (Wildman–Crippen MR) is 86.4 cm³/mol. The smallest absolute Gasteiger partial charge is 0.220 e. The molecule has 0 aromatic carbocycles. The van der Waals surface area contributed by atoms with Gasteiger partial charge >= 0.3 is 0 Å². The zero-order valence-corrected chi connectivity index (χ0v) is 13.7. The van der Waals surface area contributed by atoms with Crippen LogP contribution in [0, 0.1) is 12.3 Å². The number of carbonyl (C=O) groups excluding carboxylic acids is 1. The van der Waals surface area contributed by atoms with Crippen LogP contribution in [0.1, 0.15) is 32.6 Å². The fourth-order valence-electron chi connectivity index (χ4n) is 2.72. The highest BCUT2D eigenvalue weighted by molar-refractivity contribution is 5.76. The lowest BCUT2D eigenvalue weighted by atomic mass is 10.0. The number of hydrogen-bond donors (Lipinski definition) is 1. The molecular formula is C16H27N5O. The molecule has 6 heteroatoms. The molecule has 2 aliphatic heterocycles. The molecule has 1 unspecified atom stereocenters. The van der Waals surface area contributed by atoms with Gasteiger partial charge in [-0.3, -0.25) is 9.69 Å². The summed E-state index contributed by atoms with van der Waals surface area (Å²) in [5.74, 6) is 2.68. The summed E-state index contributed by atoms with van der Waals surface area (Å²) >= 11 is 0. The maximum Gasteiger partial charge on any atom is 0.220 e. The fourth-order valence-corrected chi connectivity index (χ4v) is 2.72. The van der Waals surface area contributed by atoms with Crippen molar-refractivity contribution in [2.24, 2.45) is 10.2 Å². The van der Waals surface area contributed by atoms with Crippen molar-refractivity contribution in [1.29, 1.82) is 0 Å². The minimum atomic E-state index is -0.354. The van der Waals surface area contributed by atoms with Gasteiger partial charge in [0.25, 0.3) is 0 Å². The molecule has 0 spiro atoms. The van der Waals surface area contributed by atoms with Gasteiger partial charge in [0.05, 0.1) is 0 Å². The molecule has 0 aromatic heterocycles. The number of terminal acetylenes is 1. The summed E-state index contributed by atoms with van der Waals surface area (Å²) in [6.45, 7) is 7.21. The molecule has 0 saturated carbocycles. The van der Waals surface area contributed by atoms with Crippen molar-refractivity contribution in [2.45, 2.75) is 44.3 Å². The zero-order valence-electron chi connectivity index (χ0n) is 13.7. The molecular weight excluding hydrogens is 278 g/mol. The van der Waals surface area contributed by atoms with Gasteiger partial charge in [-0.05, 0) is 14.0 Å². The van der Waals surface area contributed by atoms with Gasteiger partial charge in [-0.1, -0.05) is 0 Å². The number of hydrogen-bond acceptors (Lipinski definition) is 5. The number of nitrogens with one attached hydrogen (secondary N) is 1. The second-order valence-corrected chi connectivity index (χ2v) is 6.38. The summed E-state index contributed by atoms with van der Waals surface area (Å²) in [5, 5.41) is 11.1. The molecule has 0 aromatic rings. The lowest BCUT2D eigenvalue weighted by Crippen LogP contribution is -2.51. The van der Waals surface area contributed by atoms with Gasteiger partial charge in [0, 0.05) is 64.4 Å². The van der Waals surface area contributed by atoms with Crippen LogP contribution in [0.4, 0.5) is 0 Å². The molecule has 1 amide bonds. The van der Waals surface area contributed by atoms with E-state index in [1.54, 1.807) is 0 Å². The van der Waals surface area contributed by atoms with Gasteiger partial charge in [-0.15, -0.1) is 12.3 Å². The van der Waals surface area contributed by atoms with E-state index in [4.69, 9.17) is 6.42 Å². The molecule has 22 heavy (non-hydrogen) atoms. The first-order chi connectivity index (χ1) is 10.5. The molecule has 1 atom stereocenters. The van der Waals surface area contributed by atoms with E-state index in [1.807, 2.05) is 0 Å². The highest BCUT2D eigenvalue weighted by atomic mass is 16.1. The van der Waals surface area contributed by atoms with Gasteiger partial charge in [0.15, 0.2) is 5.66 Å². The van der Waals surface area contributed by atoms with Gasteiger partial charge in [0.1, 0.15) is 0 Å². The number of likely N-dealkylation sites (N-methyl/N-ethyl adjacent to an activating group) is 1. The van der Waals surface area contributed by atoms with E-state index in [-0.39, 0.29) is 11.6 Å². The Hall–Kier alpha value is -1.45. The van der Waals surface area contributed by atoms with Crippen LogP contribution in [0.2, 0.25) is 0 Å². The van der Waals surface area contributed by atoms with Crippen LogP contribution in [0.3, 0.4) is 0 Å². The Bertz CT molecular complexity index is 442. The monoisotopic (exact) mass is 305 g/mol. The number of piperazine rings is 1. The second kappa shape index (κ2) is 7.70. The van der Waals surface area contributed by atoms with Gasteiger partial charge in [-0.25, -0.2) is 0 Å². The third-order valence-electron chi connectivity index (χ3n) is 4.56. The maximum atomic E-state index is 12.0. The molecule has 1 N–H and O–H groups in total. The van der Waals surface area contributed by atoms with E-state index in [1.165, 1.54) is 0 Å². The summed E-state index contributed by atoms with van der Waals surface area (Å²) in [6, 6.07) is 0.378. The first kappa shape index (κ1) is 16.9. The number of nitrogens with zero attached hydrogens (tertiary/aromatic N) is 4. The van der Waals surface area contributed by atoms with Crippen molar-refractivity contribution in [1.82, 2.24) is 15.1 Å². The molecule has 1 fully saturated rings. The van der Waals surface area contributed by atoms with Gasteiger partial charge in [-0.2, -0.15) is 10.2 Å². The van der Waals surface area contributed by atoms with Crippen molar-refractivity contribution in [3.05, 3.63) is 0 Å². The fraction of sp³-hybridized carbons (Fsp3) is 0.812. The summed E-state index contributed by atoms with van der Waals surface area (Å²) in [6.07, 6.45) is 7.82. The lowest BCUT2D eigenvalue weighted by molar-refractivity contribution is -0.121. The third kappa shape index (κ3) is 5.08. The molecule has 6 nitrogen and oxygen atoms in total. The van der Waals surface area contributed by atoms with E-state index in [0.717, 1.165) is 32.6 Å². The normalized spacial score (nSPS) is 22.0.